The van der Waals surface area contributed by atoms with E-state index in [1.165, 1.54) is 21.6 Å². The summed E-state index contributed by atoms with van der Waals surface area (Å²) in [5, 5.41) is 2.12. The average molecular weight is 257 g/mol. The number of rotatable bonds is 2. The quantitative estimate of drug-likeness (QED) is 0.894. The molecule has 0 saturated heterocycles. The summed E-state index contributed by atoms with van der Waals surface area (Å²) in [6.07, 6.45) is 3.11. The third kappa shape index (κ3) is 1.96. The van der Waals surface area contributed by atoms with Gasteiger partial charge in [0.05, 0.1) is 0 Å². The Morgan fingerprint density at radius 1 is 1.28 bits per heavy atom. The zero-order valence-corrected chi connectivity index (χ0v) is 10.9. The fourth-order valence-electron chi connectivity index (χ4n) is 2.21. The third-order valence-electron chi connectivity index (χ3n) is 3.07. The molecule has 0 fully saturated rings. The van der Waals surface area contributed by atoms with E-state index in [9.17, 15) is 0 Å². The fraction of sp³-hybridized carbons (Fsp3) is 0.200. The fourth-order valence-corrected chi connectivity index (χ4v) is 3.18. The molecule has 2 nitrogen and oxygen atoms in total. The Morgan fingerprint density at radius 3 is 3.06 bits per heavy atom. The van der Waals surface area contributed by atoms with Gasteiger partial charge >= 0.3 is 0 Å². The van der Waals surface area contributed by atoms with Gasteiger partial charge in [-0.3, -0.25) is 0 Å². The van der Waals surface area contributed by atoms with Crippen LogP contribution in [0, 0.1) is 0 Å². The molecule has 3 heteroatoms. The third-order valence-corrected chi connectivity index (χ3v) is 4.06. The number of fused-ring (bicyclic) bond motifs is 2. The van der Waals surface area contributed by atoms with Crippen molar-refractivity contribution in [3.8, 4) is 5.75 Å². The Bertz CT molecular complexity index is 586. The van der Waals surface area contributed by atoms with E-state index in [-0.39, 0.29) is 0 Å². The van der Waals surface area contributed by atoms with Crippen molar-refractivity contribution in [1.29, 1.82) is 0 Å². The number of hydrogen-bond acceptors (Lipinski definition) is 3. The van der Waals surface area contributed by atoms with Crippen molar-refractivity contribution in [1.82, 2.24) is 0 Å². The van der Waals surface area contributed by atoms with Gasteiger partial charge in [-0.1, -0.05) is 24.3 Å². The number of nitrogens with two attached hydrogens (primary N) is 1. The Balaban J connectivity index is 2.17. The molecule has 3 rings (SSSR count). The topological polar surface area (TPSA) is 35.2 Å². The van der Waals surface area contributed by atoms with Gasteiger partial charge in [0.1, 0.15) is 12.4 Å². The maximum Gasteiger partial charge on any atom is 0.127 e. The summed E-state index contributed by atoms with van der Waals surface area (Å²) < 4.78 is 5.88. The van der Waals surface area contributed by atoms with Crippen LogP contribution >= 0.6 is 11.3 Å². The highest BCUT2D eigenvalue weighted by Gasteiger charge is 2.19. The van der Waals surface area contributed by atoms with E-state index < -0.39 is 0 Å². The van der Waals surface area contributed by atoms with Gasteiger partial charge in [-0.2, -0.15) is 0 Å². The molecule has 0 bridgehead atoms. The first-order valence-electron chi connectivity index (χ1n) is 6.09. The highest BCUT2D eigenvalue weighted by molar-refractivity contribution is 7.11. The van der Waals surface area contributed by atoms with Crippen molar-refractivity contribution in [3.05, 3.63) is 57.8 Å². The lowest BCUT2D eigenvalue weighted by Crippen LogP contribution is -1.97. The Kier molecular flexibility index (Phi) is 3.17. The highest BCUT2D eigenvalue weighted by atomic mass is 32.1. The smallest absolute Gasteiger partial charge is 0.127 e. The van der Waals surface area contributed by atoms with Crippen molar-refractivity contribution >= 4 is 16.9 Å². The van der Waals surface area contributed by atoms with Gasteiger partial charge in [-0.25, -0.2) is 0 Å². The molecule has 0 saturated carbocycles. The molecule has 1 aliphatic heterocycles. The van der Waals surface area contributed by atoms with E-state index >= 15 is 0 Å². The largest absolute Gasteiger partial charge is 0.488 e. The first-order valence-corrected chi connectivity index (χ1v) is 6.97. The molecule has 2 aromatic rings. The lowest BCUT2D eigenvalue weighted by Gasteiger charge is -2.08. The normalized spacial score (nSPS) is 15.7. The van der Waals surface area contributed by atoms with Crippen LogP contribution in [0.3, 0.4) is 0 Å². The summed E-state index contributed by atoms with van der Waals surface area (Å²) in [5.41, 5.74) is 9.33. The van der Waals surface area contributed by atoms with Crippen molar-refractivity contribution in [2.75, 3.05) is 6.54 Å². The summed E-state index contributed by atoms with van der Waals surface area (Å²) in [6.45, 7) is 1.32. The van der Waals surface area contributed by atoms with Crippen LogP contribution in [0.1, 0.15) is 22.4 Å². The summed E-state index contributed by atoms with van der Waals surface area (Å²) in [4.78, 5) is 1.31. The molecule has 0 atom stereocenters. The molecule has 18 heavy (non-hydrogen) atoms. The standard InChI is InChI=1S/C15H15NOS/c16-8-3-5-13-12-4-1-2-6-14(12)17-10-11-7-9-18-15(11)13/h1-2,4-7,9H,3,8,10,16H2. The van der Waals surface area contributed by atoms with Crippen LogP contribution in [0.2, 0.25) is 0 Å². The predicted octanol–water partition coefficient (Wildman–Crippen LogP) is 3.42. The van der Waals surface area contributed by atoms with Crippen LogP contribution < -0.4 is 10.5 Å². The molecule has 1 aromatic heterocycles. The number of para-hydroxylation sites is 1. The van der Waals surface area contributed by atoms with E-state index in [0.29, 0.717) is 13.2 Å². The molecule has 2 heterocycles. The Morgan fingerprint density at radius 2 is 2.17 bits per heavy atom. The molecule has 0 unspecified atom stereocenters. The molecular formula is C15H15NOS. The van der Waals surface area contributed by atoms with Gasteiger partial charge in [-0.15, -0.1) is 11.3 Å². The van der Waals surface area contributed by atoms with E-state index in [1.54, 1.807) is 11.3 Å². The maximum absolute atomic E-state index is 5.88. The van der Waals surface area contributed by atoms with Gasteiger partial charge < -0.3 is 10.5 Å². The first-order chi connectivity index (χ1) is 8.90. The van der Waals surface area contributed by atoms with Crippen LogP contribution in [0.25, 0.3) is 5.57 Å². The summed E-state index contributed by atoms with van der Waals surface area (Å²) in [5.74, 6) is 0.962. The van der Waals surface area contributed by atoms with E-state index in [1.807, 2.05) is 12.1 Å². The van der Waals surface area contributed by atoms with Crippen molar-refractivity contribution in [3.63, 3.8) is 0 Å². The molecule has 0 spiro atoms. The van der Waals surface area contributed by atoms with Crippen LogP contribution in [0.15, 0.2) is 41.8 Å². The zero-order chi connectivity index (χ0) is 12.4. The number of thiophene rings is 1. The van der Waals surface area contributed by atoms with Crippen LogP contribution in [-0.4, -0.2) is 6.54 Å². The molecule has 0 amide bonds. The minimum Gasteiger partial charge on any atom is -0.488 e. The number of hydrogen-bond donors (Lipinski definition) is 1. The summed E-state index contributed by atoms with van der Waals surface area (Å²) in [7, 11) is 0. The van der Waals surface area contributed by atoms with Crippen molar-refractivity contribution in [2.24, 2.45) is 5.73 Å². The molecule has 2 N–H and O–H groups in total. The van der Waals surface area contributed by atoms with Gasteiger partial charge in [0.2, 0.25) is 0 Å². The summed E-state index contributed by atoms with van der Waals surface area (Å²) >= 11 is 1.77. The monoisotopic (exact) mass is 257 g/mol. The van der Waals surface area contributed by atoms with E-state index in [4.69, 9.17) is 10.5 Å². The SMILES string of the molecule is NCCC=C1c2ccccc2OCc2ccsc21. The minimum absolute atomic E-state index is 0.649. The van der Waals surface area contributed by atoms with Crippen LogP contribution in [-0.2, 0) is 6.61 Å². The van der Waals surface area contributed by atoms with Crippen molar-refractivity contribution in [2.45, 2.75) is 13.0 Å². The van der Waals surface area contributed by atoms with Crippen LogP contribution in [0.5, 0.6) is 5.75 Å². The molecule has 0 aliphatic carbocycles. The van der Waals surface area contributed by atoms with E-state index in [0.717, 1.165) is 12.2 Å². The second-order valence-electron chi connectivity index (χ2n) is 4.25. The highest BCUT2D eigenvalue weighted by Crippen LogP contribution is 2.39. The van der Waals surface area contributed by atoms with Crippen molar-refractivity contribution < 1.29 is 4.74 Å². The second-order valence-corrected chi connectivity index (χ2v) is 5.17. The average Bonchev–Trinajstić information content (AvgIpc) is 2.81. The van der Waals surface area contributed by atoms with Gasteiger partial charge in [0, 0.05) is 16.0 Å². The number of benzene rings is 1. The lowest BCUT2D eigenvalue weighted by atomic mass is 10.0. The first kappa shape index (κ1) is 11.5. The molecule has 1 aromatic carbocycles. The van der Waals surface area contributed by atoms with E-state index in [2.05, 4.69) is 29.7 Å². The number of ether oxygens (including phenoxy) is 1. The van der Waals surface area contributed by atoms with Crippen LogP contribution in [0.4, 0.5) is 0 Å². The maximum atomic E-state index is 5.88. The molecular weight excluding hydrogens is 242 g/mol. The van der Waals surface area contributed by atoms with Gasteiger partial charge in [0.15, 0.2) is 0 Å². The van der Waals surface area contributed by atoms with Gasteiger partial charge in [0.25, 0.3) is 0 Å². The lowest BCUT2D eigenvalue weighted by molar-refractivity contribution is 0.307. The zero-order valence-electron chi connectivity index (χ0n) is 10.1. The summed E-state index contributed by atoms with van der Waals surface area (Å²) in [6, 6.07) is 10.4. The Hall–Kier alpha value is -1.58. The molecule has 92 valence electrons. The molecule has 1 aliphatic rings. The second kappa shape index (κ2) is 4.96. The minimum atomic E-state index is 0.649. The Labute approximate surface area is 111 Å². The van der Waals surface area contributed by atoms with Gasteiger partial charge in [-0.05, 0) is 36.1 Å². The molecule has 0 radical (unpaired) electrons. The predicted molar refractivity (Wildman–Crippen MR) is 75.8 cm³/mol.